The number of halogens is 3. The number of hydrogen-bond donors (Lipinski definition) is 0. The zero-order valence-corrected chi connectivity index (χ0v) is 30.8. The summed E-state index contributed by atoms with van der Waals surface area (Å²) in [6.07, 6.45) is 2.56. The zero-order valence-electron chi connectivity index (χ0n) is 27.6. The average molecular weight is 768 g/mol. The molecule has 49 heavy (non-hydrogen) atoms. The number of benzene rings is 3. The first kappa shape index (κ1) is 36.2. The summed E-state index contributed by atoms with van der Waals surface area (Å²) in [5.74, 6) is 1.63. The maximum absolute atomic E-state index is 13.6. The molecule has 0 radical (unpaired) electrons. The van der Waals surface area contributed by atoms with Gasteiger partial charge in [-0.15, -0.1) is 17.0 Å². The Labute approximate surface area is 306 Å². The fourth-order valence-corrected chi connectivity index (χ4v) is 6.01. The highest BCUT2D eigenvalue weighted by molar-refractivity contribution is 8.93. The summed E-state index contributed by atoms with van der Waals surface area (Å²) in [5, 5.41) is 1.65. The van der Waals surface area contributed by atoms with Gasteiger partial charge in [0.2, 0.25) is 5.88 Å². The van der Waals surface area contributed by atoms with Crippen LogP contribution in [-0.4, -0.2) is 71.0 Å². The van der Waals surface area contributed by atoms with Crippen LogP contribution < -0.4 is 14.4 Å². The molecule has 0 bridgehead atoms. The highest BCUT2D eigenvalue weighted by atomic mass is 79.9. The average Bonchev–Trinajstić information content (AvgIpc) is 3.44. The molecule has 12 heteroatoms. The highest BCUT2D eigenvalue weighted by Crippen LogP contribution is 2.29. The van der Waals surface area contributed by atoms with Gasteiger partial charge in [0.1, 0.15) is 17.2 Å². The number of rotatable bonds is 10. The number of hydrogen-bond acceptors (Lipinski definition) is 6. The lowest BCUT2D eigenvalue weighted by atomic mass is 10.2. The van der Waals surface area contributed by atoms with Crippen LogP contribution >= 0.6 is 40.2 Å². The second-order valence-corrected chi connectivity index (χ2v) is 12.6. The van der Waals surface area contributed by atoms with Crippen molar-refractivity contribution >= 4 is 68.6 Å². The number of carbonyl (C=O) groups is 2. The molecule has 0 atom stereocenters. The second kappa shape index (κ2) is 16.1. The number of aryl methyl sites for hydroxylation is 1. The Morgan fingerprint density at radius 3 is 2.29 bits per heavy atom. The Hall–Kier alpha value is -4.09. The lowest BCUT2D eigenvalue weighted by Gasteiger charge is -2.34. The molecule has 1 aliphatic rings. The Balaban J connectivity index is 0.00000468. The van der Waals surface area contributed by atoms with Gasteiger partial charge in [0.05, 0.1) is 34.1 Å². The van der Waals surface area contributed by atoms with Gasteiger partial charge in [0.25, 0.3) is 11.8 Å². The van der Waals surface area contributed by atoms with Crippen molar-refractivity contribution in [2.45, 2.75) is 19.9 Å². The van der Waals surface area contributed by atoms with E-state index in [1.54, 1.807) is 43.6 Å². The summed E-state index contributed by atoms with van der Waals surface area (Å²) >= 11 is 12.1. The Bertz CT molecular complexity index is 1930. The summed E-state index contributed by atoms with van der Waals surface area (Å²) in [6.45, 7) is 6.63. The first-order chi connectivity index (χ1) is 23.2. The second-order valence-electron chi connectivity index (χ2n) is 11.8. The van der Waals surface area contributed by atoms with Crippen LogP contribution in [-0.2, 0) is 13.6 Å². The number of carbonyl (C=O) groups excluding carboxylic acids is 2. The number of pyridine rings is 1. The topological polar surface area (TPSA) is 80.1 Å². The molecule has 2 aromatic heterocycles. The monoisotopic (exact) mass is 765 g/mol. The van der Waals surface area contributed by atoms with Crippen LogP contribution in [0.1, 0.15) is 39.8 Å². The summed E-state index contributed by atoms with van der Waals surface area (Å²) < 4.78 is 13.7. The largest absolute Gasteiger partial charge is 0.494 e. The summed E-state index contributed by atoms with van der Waals surface area (Å²) in [4.78, 5) is 36.7. The molecule has 3 aromatic carbocycles. The number of anilines is 1. The molecule has 6 rings (SSSR count). The molecule has 256 valence electrons. The molecular formula is C37H38BrCl2N5O4. The minimum Gasteiger partial charge on any atom is -0.494 e. The molecule has 2 amide bonds. The molecule has 1 aliphatic heterocycles. The van der Waals surface area contributed by atoms with Gasteiger partial charge in [-0.1, -0.05) is 42.3 Å². The van der Waals surface area contributed by atoms with E-state index in [0.717, 1.165) is 49.3 Å². The smallest absolute Gasteiger partial charge is 0.270 e. The van der Waals surface area contributed by atoms with Crippen molar-refractivity contribution < 1.29 is 19.1 Å². The molecular weight excluding hydrogens is 729 g/mol. The van der Waals surface area contributed by atoms with E-state index >= 15 is 0 Å². The van der Waals surface area contributed by atoms with E-state index in [0.29, 0.717) is 51.7 Å². The summed E-state index contributed by atoms with van der Waals surface area (Å²) in [5.41, 5.74) is 3.75. The van der Waals surface area contributed by atoms with E-state index in [1.807, 2.05) is 52.9 Å². The predicted octanol–water partition coefficient (Wildman–Crippen LogP) is 8.27. The van der Waals surface area contributed by atoms with Gasteiger partial charge in [0, 0.05) is 69.9 Å². The molecule has 1 saturated heterocycles. The number of piperazine rings is 1. The van der Waals surface area contributed by atoms with Crippen LogP contribution in [0.15, 0.2) is 85.1 Å². The van der Waals surface area contributed by atoms with Crippen molar-refractivity contribution in [3.8, 4) is 17.4 Å². The van der Waals surface area contributed by atoms with Crippen LogP contribution in [0.4, 0.5) is 5.69 Å². The fourth-order valence-electron chi connectivity index (χ4n) is 5.71. The van der Waals surface area contributed by atoms with Crippen LogP contribution in [0.2, 0.25) is 10.0 Å². The van der Waals surface area contributed by atoms with E-state index in [9.17, 15) is 9.59 Å². The van der Waals surface area contributed by atoms with Crippen LogP contribution in [0.5, 0.6) is 17.4 Å². The molecule has 3 heterocycles. The van der Waals surface area contributed by atoms with E-state index in [1.165, 1.54) is 10.5 Å². The van der Waals surface area contributed by atoms with Crippen LogP contribution in [0, 0.1) is 0 Å². The van der Waals surface area contributed by atoms with Gasteiger partial charge in [-0.3, -0.25) is 14.5 Å². The summed E-state index contributed by atoms with van der Waals surface area (Å²) in [7, 11) is 3.56. The number of ether oxygens (including phenoxy) is 2. The normalized spacial score (nSPS) is 13.2. The third-order valence-electron chi connectivity index (χ3n) is 8.50. The van der Waals surface area contributed by atoms with Crippen molar-refractivity contribution in [3.63, 3.8) is 0 Å². The number of nitrogens with zero attached hydrogens (tertiary/aromatic N) is 5. The van der Waals surface area contributed by atoms with Crippen molar-refractivity contribution in [1.82, 2.24) is 19.4 Å². The number of amides is 2. The standard InChI is InChI=1S/C37H37Cl2N5O4.BrH/c1-4-19-47-29-10-5-25(6-11-29)24-43-15-17-44(18-16-43)37(46)34-21-26-7-12-30(22-33(26)42(34)3)48-35-14-9-28(23-40-35)41(2)36(45)27-8-13-31(38)32(39)20-27;/h5-14,20-23H,4,15-19,24H2,1-3H3;1H. The molecule has 1 fully saturated rings. The summed E-state index contributed by atoms with van der Waals surface area (Å²) in [6, 6.07) is 24.1. The molecule has 0 saturated carbocycles. The maximum Gasteiger partial charge on any atom is 0.270 e. The lowest BCUT2D eigenvalue weighted by molar-refractivity contribution is 0.0619. The Morgan fingerprint density at radius 2 is 1.61 bits per heavy atom. The van der Waals surface area contributed by atoms with Crippen LogP contribution in [0.3, 0.4) is 0 Å². The highest BCUT2D eigenvalue weighted by Gasteiger charge is 2.25. The van der Waals surface area contributed by atoms with Crippen molar-refractivity contribution in [2.75, 3.05) is 44.7 Å². The van der Waals surface area contributed by atoms with E-state index in [-0.39, 0.29) is 28.8 Å². The van der Waals surface area contributed by atoms with Gasteiger partial charge in [0.15, 0.2) is 0 Å². The van der Waals surface area contributed by atoms with Crippen molar-refractivity contribution in [2.24, 2.45) is 7.05 Å². The van der Waals surface area contributed by atoms with Gasteiger partial charge in [-0.25, -0.2) is 4.98 Å². The minimum absolute atomic E-state index is 0. The number of aromatic nitrogens is 2. The molecule has 5 aromatic rings. The van der Waals surface area contributed by atoms with Gasteiger partial charge in [-0.2, -0.15) is 0 Å². The lowest BCUT2D eigenvalue weighted by Crippen LogP contribution is -2.48. The van der Waals surface area contributed by atoms with Crippen molar-refractivity contribution in [1.29, 1.82) is 0 Å². The van der Waals surface area contributed by atoms with Gasteiger partial charge in [-0.05, 0) is 66.6 Å². The SMILES string of the molecule is Br.CCCOc1ccc(CN2CCN(C(=O)c3cc4ccc(Oc5ccc(N(C)C(=O)c6ccc(Cl)c(Cl)c6)cn5)cc4n3C)CC2)cc1. The van der Waals surface area contributed by atoms with Crippen molar-refractivity contribution in [3.05, 3.63) is 112 Å². The minimum atomic E-state index is -0.246. The Kier molecular flexibility index (Phi) is 11.9. The third-order valence-corrected chi connectivity index (χ3v) is 9.24. The zero-order chi connectivity index (χ0) is 33.8. The Morgan fingerprint density at radius 1 is 0.878 bits per heavy atom. The van der Waals surface area contributed by atoms with E-state index < -0.39 is 0 Å². The molecule has 0 unspecified atom stereocenters. The molecule has 0 spiro atoms. The third kappa shape index (κ3) is 8.38. The predicted molar refractivity (Wildman–Crippen MR) is 200 cm³/mol. The first-order valence-corrected chi connectivity index (χ1v) is 16.7. The number of fused-ring (bicyclic) bond motifs is 1. The molecule has 0 N–H and O–H groups in total. The van der Waals surface area contributed by atoms with Gasteiger partial charge >= 0.3 is 0 Å². The fraction of sp³-hybridized carbons (Fsp3) is 0.270. The van der Waals surface area contributed by atoms with Gasteiger partial charge < -0.3 is 23.8 Å². The quantitative estimate of drug-likeness (QED) is 0.142. The molecule has 0 aliphatic carbocycles. The van der Waals surface area contributed by atoms with E-state index in [2.05, 4.69) is 28.9 Å². The van der Waals surface area contributed by atoms with Crippen LogP contribution in [0.25, 0.3) is 10.9 Å². The first-order valence-electron chi connectivity index (χ1n) is 15.9. The maximum atomic E-state index is 13.6. The molecule has 9 nitrogen and oxygen atoms in total. The van der Waals surface area contributed by atoms with E-state index in [4.69, 9.17) is 32.7 Å².